The van der Waals surface area contributed by atoms with Crippen molar-refractivity contribution in [3.63, 3.8) is 0 Å². The van der Waals surface area contributed by atoms with Crippen LogP contribution >= 0.6 is 15.9 Å². The summed E-state index contributed by atoms with van der Waals surface area (Å²) < 4.78 is 4.14. The van der Waals surface area contributed by atoms with Crippen molar-refractivity contribution in [1.29, 1.82) is 0 Å². The van der Waals surface area contributed by atoms with Crippen molar-refractivity contribution in [2.45, 2.75) is 6.92 Å². The van der Waals surface area contributed by atoms with Crippen LogP contribution in [0.3, 0.4) is 0 Å². The molecule has 0 unspecified atom stereocenters. The van der Waals surface area contributed by atoms with Gasteiger partial charge in [0.15, 0.2) is 0 Å². The van der Waals surface area contributed by atoms with E-state index >= 15 is 0 Å². The summed E-state index contributed by atoms with van der Waals surface area (Å²) in [5, 5.41) is 0. The molecule has 25 heavy (non-hydrogen) atoms. The predicted molar refractivity (Wildman–Crippen MR) is 103 cm³/mol. The van der Waals surface area contributed by atoms with Gasteiger partial charge in [-0.25, -0.2) is 4.68 Å². The first kappa shape index (κ1) is 17.2. The number of benzene rings is 2. The Labute approximate surface area is 154 Å². The SMILES string of the molecule is Cc1c(N(C)C(=O)c2cccc(Br)c2)c(=O)n(-c2ccccc2)n1C. The molecule has 5 nitrogen and oxygen atoms in total. The number of anilines is 1. The number of para-hydroxylation sites is 1. The average Bonchev–Trinajstić information content (AvgIpc) is 2.83. The standard InChI is InChI=1S/C19H18BrN3O2/c1-13-17(21(2)18(24)14-8-7-9-15(20)12-14)19(25)23(22(13)3)16-10-5-4-6-11-16/h4-12H,1-3H3. The monoisotopic (exact) mass is 399 g/mol. The van der Waals surface area contributed by atoms with Crippen LogP contribution in [-0.2, 0) is 7.05 Å². The topological polar surface area (TPSA) is 47.2 Å². The Morgan fingerprint density at radius 2 is 1.76 bits per heavy atom. The van der Waals surface area contributed by atoms with Gasteiger partial charge in [0, 0.05) is 24.1 Å². The van der Waals surface area contributed by atoms with Gasteiger partial charge in [-0.1, -0.05) is 40.2 Å². The van der Waals surface area contributed by atoms with Crippen molar-refractivity contribution in [2.75, 3.05) is 11.9 Å². The lowest BCUT2D eigenvalue weighted by Gasteiger charge is -2.16. The van der Waals surface area contributed by atoms with E-state index in [9.17, 15) is 9.59 Å². The van der Waals surface area contributed by atoms with E-state index in [4.69, 9.17) is 0 Å². The highest BCUT2D eigenvalue weighted by atomic mass is 79.9. The number of hydrogen-bond donors (Lipinski definition) is 0. The van der Waals surface area contributed by atoms with Crippen LogP contribution in [-0.4, -0.2) is 22.3 Å². The molecule has 0 aliphatic carbocycles. The molecule has 0 radical (unpaired) electrons. The third-order valence-corrected chi connectivity index (χ3v) is 4.73. The molecule has 3 aromatic rings. The quantitative estimate of drug-likeness (QED) is 0.676. The molecule has 3 rings (SSSR count). The van der Waals surface area contributed by atoms with Crippen LogP contribution in [0.2, 0.25) is 0 Å². The number of nitrogens with zero attached hydrogens (tertiary/aromatic N) is 3. The fourth-order valence-corrected chi connectivity index (χ4v) is 3.26. The molecule has 6 heteroatoms. The van der Waals surface area contributed by atoms with E-state index in [0.29, 0.717) is 11.3 Å². The van der Waals surface area contributed by atoms with Crippen molar-refractivity contribution in [3.05, 3.63) is 80.7 Å². The number of carbonyl (C=O) groups is 1. The number of rotatable bonds is 3. The number of hydrogen-bond acceptors (Lipinski definition) is 2. The molecule has 0 N–H and O–H groups in total. The molecule has 128 valence electrons. The van der Waals surface area contributed by atoms with Crippen LogP contribution in [0.4, 0.5) is 5.69 Å². The molecule has 0 aliphatic rings. The molecule has 1 heterocycles. The highest BCUT2D eigenvalue weighted by Crippen LogP contribution is 2.20. The zero-order valence-electron chi connectivity index (χ0n) is 14.2. The van der Waals surface area contributed by atoms with Crippen LogP contribution in [0.15, 0.2) is 63.9 Å². The minimum absolute atomic E-state index is 0.225. The van der Waals surface area contributed by atoms with E-state index in [1.807, 2.05) is 50.4 Å². The Hall–Kier alpha value is -2.60. The van der Waals surface area contributed by atoms with E-state index in [0.717, 1.165) is 15.9 Å². The average molecular weight is 400 g/mol. The highest BCUT2D eigenvalue weighted by molar-refractivity contribution is 9.10. The second-order valence-electron chi connectivity index (χ2n) is 5.78. The maximum absolute atomic E-state index is 13.0. The van der Waals surface area contributed by atoms with Gasteiger partial charge in [0.2, 0.25) is 0 Å². The molecule has 0 saturated carbocycles. The van der Waals surface area contributed by atoms with Crippen molar-refractivity contribution in [1.82, 2.24) is 9.36 Å². The molecular formula is C19H18BrN3O2. The molecular weight excluding hydrogens is 382 g/mol. The summed E-state index contributed by atoms with van der Waals surface area (Å²) in [5.41, 5.74) is 2.14. The summed E-state index contributed by atoms with van der Waals surface area (Å²) in [6.07, 6.45) is 0. The Morgan fingerprint density at radius 3 is 2.40 bits per heavy atom. The van der Waals surface area contributed by atoms with Crippen molar-refractivity contribution in [2.24, 2.45) is 7.05 Å². The Balaban J connectivity index is 2.09. The van der Waals surface area contributed by atoms with E-state index in [2.05, 4.69) is 15.9 Å². The zero-order valence-corrected chi connectivity index (χ0v) is 15.8. The van der Waals surface area contributed by atoms with E-state index in [1.54, 1.807) is 34.6 Å². The second-order valence-corrected chi connectivity index (χ2v) is 6.70. The summed E-state index contributed by atoms with van der Waals surface area (Å²) in [7, 11) is 3.44. The van der Waals surface area contributed by atoms with Crippen molar-refractivity contribution >= 4 is 27.5 Å². The third kappa shape index (κ3) is 3.05. The lowest BCUT2D eigenvalue weighted by molar-refractivity contribution is 0.0992. The van der Waals surface area contributed by atoms with Gasteiger partial charge < -0.3 is 4.90 Å². The molecule has 0 atom stereocenters. The van der Waals surface area contributed by atoms with Crippen LogP contribution in [0, 0.1) is 6.92 Å². The molecule has 1 amide bonds. The van der Waals surface area contributed by atoms with Gasteiger partial charge >= 0.3 is 0 Å². The summed E-state index contributed by atoms with van der Waals surface area (Å²) in [6.45, 7) is 1.83. The van der Waals surface area contributed by atoms with Gasteiger partial charge in [0.25, 0.3) is 11.5 Å². The van der Waals surface area contributed by atoms with Gasteiger partial charge in [-0.05, 0) is 37.3 Å². The van der Waals surface area contributed by atoms with E-state index in [-0.39, 0.29) is 11.5 Å². The number of carbonyl (C=O) groups excluding carboxylic acids is 1. The van der Waals surface area contributed by atoms with Crippen LogP contribution in [0.25, 0.3) is 5.69 Å². The zero-order chi connectivity index (χ0) is 18.1. The van der Waals surface area contributed by atoms with Crippen LogP contribution in [0.1, 0.15) is 16.1 Å². The first-order valence-corrected chi connectivity index (χ1v) is 8.58. The molecule has 0 fully saturated rings. The normalized spacial score (nSPS) is 10.7. The molecule has 2 aromatic carbocycles. The minimum atomic E-state index is -0.229. The van der Waals surface area contributed by atoms with Crippen molar-refractivity contribution in [3.8, 4) is 5.69 Å². The largest absolute Gasteiger partial charge is 0.305 e. The highest BCUT2D eigenvalue weighted by Gasteiger charge is 2.24. The van der Waals surface area contributed by atoms with Gasteiger partial charge in [-0.2, -0.15) is 0 Å². The fourth-order valence-electron chi connectivity index (χ4n) is 2.86. The first-order chi connectivity index (χ1) is 11.9. The van der Waals surface area contributed by atoms with Gasteiger partial charge in [-0.15, -0.1) is 0 Å². The van der Waals surface area contributed by atoms with Gasteiger partial charge in [0.05, 0.1) is 11.4 Å². The maximum Gasteiger partial charge on any atom is 0.295 e. The Kier molecular flexibility index (Phi) is 4.63. The number of halogens is 1. The smallest absolute Gasteiger partial charge is 0.295 e. The lowest BCUT2D eigenvalue weighted by Crippen LogP contribution is -2.31. The molecule has 0 bridgehead atoms. The summed E-state index contributed by atoms with van der Waals surface area (Å²) in [4.78, 5) is 27.2. The lowest BCUT2D eigenvalue weighted by atomic mass is 10.2. The van der Waals surface area contributed by atoms with Gasteiger partial charge in [0.1, 0.15) is 5.69 Å². The molecule has 0 saturated heterocycles. The maximum atomic E-state index is 13.0. The Morgan fingerprint density at radius 1 is 1.08 bits per heavy atom. The Bertz CT molecular complexity index is 990. The van der Waals surface area contributed by atoms with Gasteiger partial charge in [-0.3, -0.25) is 14.3 Å². The second kappa shape index (κ2) is 6.72. The first-order valence-electron chi connectivity index (χ1n) is 7.79. The number of amides is 1. The fraction of sp³-hybridized carbons (Fsp3) is 0.158. The van der Waals surface area contributed by atoms with Crippen LogP contribution < -0.4 is 10.5 Å². The predicted octanol–water partition coefficient (Wildman–Crippen LogP) is 3.52. The number of aromatic nitrogens is 2. The molecule has 0 aliphatic heterocycles. The molecule has 1 aromatic heterocycles. The minimum Gasteiger partial charge on any atom is -0.305 e. The third-order valence-electron chi connectivity index (χ3n) is 4.24. The summed E-state index contributed by atoms with van der Waals surface area (Å²) in [6, 6.07) is 16.5. The molecule has 0 spiro atoms. The van der Waals surface area contributed by atoms with Crippen LogP contribution in [0.5, 0.6) is 0 Å². The van der Waals surface area contributed by atoms with E-state index in [1.165, 1.54) is 4.90 Å². The van der Waals surface area contributed by atoms with Crippen molar-refractivity contribution < 1.29 is 4.79 Å². The summed E-state index contributed by atoms with van der Waals surface area (Å²) in [5.74, 6) is -0.229. The summed E-state index contributed by atoms with van der Waals surface area (Å²) >= 11 is 3.37. The van der Waals surface area contributed by atoms with E-state index < -0.39 is 0 Å².